The summed E-state index contributed by atoms with van der Waals surface area (Å²) < 4.78 is 10.5. The first-order valence-corrected chi connectivity index (χ1v) is 6.69. The highest BCUT2D eigenvalue weighted by molar-refractivity contribution is 5.80. The van der Waals surface area contributed by atoms with Crippen molar-refractivity contribution in [3.63, 3.8) is 0 Å². The minimum absolute atomic E-state index is 0.0244. The Hall–Kier alpha value is -2.01. The van der Waals surface area contributed by atoms with E-state index in [1.807, 2.05) is 0 Å². The quantitative estimate of drug-likeness (QED) is 0.626. The zero-order valence-corrected chi connectivity index (χ0v) is 11.7. The van der Waals surface area contributed by atoms with Crippen LogP contribution in [-0.2, 0) is 0 Å². The second-order valence-electron chi connectivity index (χ2n) is 4.92. The number of nitrogens with one attached hydrogen (secondary N) is 1. The van der Waals surface area contributed by atoms with E-state index >= 15 is 0 Å². The predicted molar refractivity (Wildman–Crippen MR) is 77.4 cm³/mol. The molecule has 0 atom stereocenters. The van der Waals surface area contributed by atoms with Crippen molar-refractivity contribution in [1.29, 1.82) is 0 Å². The SMILES string of the molecule is CC(C)NCCCOc1cc2ccc(=O)oc2cc1O. The van der Waals surface area contributed by atoms with Crippen LogP contribution in [0.5, 0.6) is 11.5 Å². The molecule has 0 saturated heterocycles. The van der Waals surface area contributed by atoms with Crippen molar-refractivity contribution < 1.29 is 14.3 Å². The molecule has 5 nitrogen and oxygen atoms in total. The molecule has 1 heterocycles. The number of fused-ring (bicyclic) bond motifs is 1. The van der Waals surface area contributed by atoms with Crippen LogP contribution in [-0.4, -0.2) is 24.3 Å². The van der Waals surface area contributed by atoms with Crippen LogP contribution in [0.25, 0.3) is 11.0 Å². The molecule has 2 aromatic rings. The molecule has 0 saturated carbocycles. The smallest absolute Gasteiger partial charge is 0.336 e. The summed E-state index contributed by atoms with van der Waals surface area (Å²) in [6.07, 6.45) is 0.847. The van der Waals surface area contributed by atoms with Crippen LogP contribution in [0.2, 0.25) is 0 Å². The third-order valence-electron chi connectivity index (χ3n) is 2.83. The van der Waals surface area contributed by atoms with E-state index < -0.39 is 5.63 Å². The molecule has 0 fully saturated rings. The Morgan fingerprint density at radius 1 is 1.35 bits per heavy atom. The average molecular weight is 277 g/mol. The van der Waals surface area contributed by atoms with Crippen LogP contribution < -0.4 is 15.7 Å². The van der Waals surface area contributed by atoms with Gasteiger partial charge in [0.15, 0.2) is 11.5 Å². The summed E-state index contributed by atoms with van der Waals surface area (Å²) in [6, 6.07) is 6.51. The fourth-order valence-electron chi connectivity index (χ4n) is 1.84. The fraction of sp³-hybridized carbons (Fsp3) is 0.400. The maximum atomic E-state index is 11.1. The van der Waals surface area contributed by atoms with Gasteiger partial charge in [-0.25, -0.2) is 4.79 Å². The van der Waals surface area contributed by atoms with Gasteiger partial charge in [-0.2, -0.15) is 0 Å². The highest BCUT2D eigenvalue weighted by atomic mass is 16.5. The summed E-state index contributed by atoms with van der Waals surface area (Å²) in [5.74, 6) is 0.375. The van der Waals surface area contributed by atoms with Crippen LogP contribution in [0.4, 0.5) is 0 Å². The van der Waals surface area contributed by atoms with E-state index in [1.165, 1.54) is 12.1 Å². The van der Waals surface area contributed by atoms with Crippen molar-refractivity contribution in [1.82, 2.24) is 5.32 Å². The van der Waals surface area contributed by atoms with Crippen LogP contribution in [0, 0.1) is 0 Å². The molecule has 0 aliphatic rings. The van der Waals surface area contributed by atoms with Crippen molar-refractivity contribution in [2.75, 3.05) is 13.2 Å². The third-order valence-corrected chi connectivity index (χ3v) is 2.83. The van der Waals surface area contributed by atoms with E-state index in [2.05, 4.69) is 19.2 Å². The molecule has 1 aromatic heterocycles. The summed E-state index contributed by atoms with van der Waals surface area (Å²) in [6.45, 7) is 5.55. The number of rotatable bonds is 6. The number of phenols is 1. The van der Waals surface area contributed by atoms with Crippen molar-refractivity contribution in [3.05, 3.63) is 34.7 Å². The van der Waals surface area contributed by atoms with E-state index in [0.29, 0.717) is 24.0 Å². The molecular formula is C15H19NO4. The van der Waals surface area contributed by atoms with E-state index in [-0.39, 0.29) is 5.75 Å². The van der Waals surface area contributed by atoms with E-state index in [0.717, 1.165) is 18.4 Å². The summed E-state index contributed by atoms with van der Waals surface area (Å²) in [7, 11) is 0. The minimum atomic E-state index is -0.440. The molecule has 0 bridgehead atoms. The number of aromatic hydroxyl groups is 1. The van der Waals surface area contributed by atoms with Gasteiger partial charge in [0.05, 0.1) is 6.61 Å². The molecule has 1 aromatic carbocycles. The van der Waals surface area contributed by atoms with Gasteiger partial charge in [-0.1, -0.05) is 13.8 Å². The van der Waals surface area contributed by atoms with Crippen molar-refractivity contribution in [2.45, 2.75) is 26.3 Å². The van der Waals surface area contributed by atoms with E-state index in [1.54, 1.807) is 12.1 Å². The van der Waals surface area contributed by atoms with Crippen LogP contribution in [0.3, 0.4) is 0 Å². The van der Waals surface area contributed by atoms with Gasteiger partial charge < -0.3 is 19.6 Å². The summed E-state index contributed by atoms with van der Waals surface area (Å²) in [4.78, 5) is 11.1. The molecule has 2 N–H and O–H groups in total. The maximum absolute atomic E-state index is 11.1. The molecular weight excluding hydrogens is 258 g/mol. The monoisotopic (exact) mass is 277 g/mol. The molecule has 0 spiro atoms. The molecule has 5 heteroatoms. The van der Waals surface area contributed by atoms with Gasteiger partial charge in [-0.15, -0.1) is 0 Å². The fourth-order valence-corrected chi connectivity index (χ4v) is 1.84. The highest BCUT2D eigenvalue weighted by Crippen LogP contribution is 2.30. The molecule has 0 unspecified atom stereocenters. The lowest BCUT2D eigenvalue weighted by Gasteiger charge is -2.10. The number of hydrogen-bond donors (Lipinski definition) is 2. The van der Waals surface area contributed by atoms with Crippen molar-refractivity contribution in [2.24, 2.45) is 0 Å². The topological polar surface area (TPSA) is 71.7 Å². The van der Waals surface area contributed by atoms with Crippen molar-refractivity contribution in [3.8, 4) is 11.5 Å². The highest BCUT2D eigenvalue weighted by Gasteiger charge is 2.07. The molecule has 0 aliphatic carbocycles. The lowest BCUT2D eigenvalue weighted by atomic mass is 10.2. The van der Waals surface area contributed by atoms with Gasteiger partial charge in [-0.05, 0) is 25.1 Å². The minimum Gasteiger partial charge on any atom is -0.504 e. The second kappa shape index (κ2) is 6.43. The Balaban J connectivity index is 2.01. The molecule has 108 valence electrons. The number of benzene rings is 1. The zero-order chi connectivity index (χ0) is 14.5. The van der Waals surface area contributed by atoms with E-state index in [4.69, 9.17) is 9.15 Å². The van der Waals surface area contributed by atoms with Gasteiger partial charge in [0.25, 0.3) is 0 Å². The van der Waals surface area contributed by atoms with Crippen molar-refractivity contribution >= 4 is 11.0 Å². The lowest BCUT2D eigenvalue weighted by molar-refractivity contribution is 0.291. The largest absolute Gasteiger partial charge is 0.504 e. The summed E-state index contributed by atoms with van der Waals surface area (Å²) in [5, 5.41) is 13.9. The van der Waals surface area contributed by atoms with Crippen LogP contribution in [0.1, 0.15) is 20.3 Å². The standard InChI is InChI=1S/C15H19NO4/c1-10(2)16-6-3-7-19-14-8-11-4-5-15(18)20-13(11)9-12(14)17/h4-5,8-10,16-17H,3,6-7H2,1-2H3. The average Bonchev–Trinajstić information content (AvgIpc) is 2.38. The third kappa shape index (κ3) is 3.74. The number of phenolic OH excluding ortho intramolecular Hbond substituents is 1. The molecule has 0 radical (unpaired) electrons. The maximum Gasteiger partial charge on any atom is 0.336 e. The first-order chi connectivity index (χ1) is 9.56. The first-order valence-electron chi connectivity index (χ1n) is 6.69. The number of ether oxygens (including phenoxy) is 1. The Bertz CT molecular complexity index is 633. The first kappa shape index (κ1) is 14.4. The number of hydrogen-bond acceptors (Lipinski definition) is 5. The molecule has 2 rings (SSSR count). The van der Waals surface area contributed by atoms with Gasteiger partial charge in [0.2, 0.25) is 0 Å². The van der Waals surface area contributed by atoms with Gasteiger partial charge in [-0.3, -0.25) is 0 Å². The van der Waals surface area contributed by atoms with Gasteiger partial charge in [0, 0.05) is 23.6 Å². The molecule has 20 heavy (non-hydrogen) atoms. The Morgan fingerprint density at radius 2 is 2.15 bits per heavy atom. The zero-order valence-electron chi connectivity index (χ0n) is 11.7. The predicted octanol–water partition coefficient (Wildman–Crippen LogP) is 2.27. The van der Waals surface area contributed by atoms with E-state index in [9.17, 15) is 9.90 Å². The van der Waals surface area contributed by atoms with Gasteiger partial charge >= 0.3 is 5.63 Å². The Morgan fingerprint density at radius 3 is 2.90 bits per heavy atom. The van der Waals surface area contributed by atoms with Crippen LogP contribution >= 0.6 is 0 Å². The Labute approximate surface area is 117 Å². The summed E-state index contributed by atoms with van der Waals surface area (Å²) >= 11 is 0. The van der Waals surface area contributed by atoms with Crippen LogP contribution in [0.15, 0.2) is 33.5 Å². The Kier molecular flexibility index (Phi) is 4.63. The second-order valence-corrected chi connectivity index (χ2v) is 4.92. The van der Waals surface area contributed by atoms with Gasteiger partial charge in [0.1, 0.15) is 5.58 Å². The lowest BCUT2D eigenvalue weighted by Crippen LogP contribution is -2.24. The summed E-state index contributed by atoms with van der Waals surface area (Å²) in [5.41, 5.74) is -0.0887. The molecule has 0 aliphatic heterocycles. The molecule has 0 amide bonds. The normalized spacial score (nSPS) is 11.2.